The van der Waals surface area contributed by atoms with Crippen molar-refractivity contribution in [3.63, 3.8) is 0 Å². The second-order valence-electron chi connectivity index (χ2n) is 9.34. The third-order valence-corrected chi connectivity index (χ3v) is 7.11. The van der Waals surface area contributed by atoms with E-state index in [1.165, 1.54) is 0 Å². The monoisotopic (exact) mass is 442 g/mol. The van der Waals surface area contributed by atoms with E-state index in [-0.39, 0.29) is 17.6 Å². The Balaban J connectivity index is 1.63. The number of benzene rings is 3. The summed E-state index contributed by atoms with van der Waals surface area (Å²) < 4.78 is 12.8. The van der Waals surface area contributed by atoms with Gasteiger partial charge in [0.25, 0.3) is 0 Å². The summed E-state index contributed by atoms with van der Waals surface area (Å²) in [4.78, 5) is 13.2. The highest BCUT2D eigenvalue weighted by molar-refractivity contribution is 6.02. The van der Waals surface area contributed by atoms with Gasteiger partial charge in [0.05, 0.1) is 6.10 Å². The molecule has 0 fully saturated rings. The Bertz CT molecular complexity index is 1150. The molecule has 0 aliphatic heterocycles. The minimum Gasteiger partial charge on any atom is -0.485 e. The summed E-state index contributed by atoms with van der Waals surface area (Å²) >= 11 is 0. The van der Waals surface area contributed by atoms with Crippen molar-refractivity contribution in [1.82, 2.24) is 0 Å². The fourth-order valence-electron chi connectivity index (χ4n) is 5.45. The van der Waals surface area contributed by atoms with E-state index in [0.29, 0.717) is 37.6 Å². The van der Waals surface area contributed by atoms with Gasteiger partial charge in [0.15, 0.2) is 17.3 Å². The number of rotatable bonds is 6. The van der Waals surface area contributed by atoms with Crippen LogP contribution in [0.5, 0.6) is 11.5 Å². The van der Waals surface area contributed by atoms with Crippen LogP contribution >= 0.6 is 0 Å². The molecule has 4 heteroatoms. The van der Waals surface area contributed by atoms with Gasteiger partial charge < -0.3 is 14.6 Å². The molecule has 0 aromatic heterocycles. The molecule has 0 spiro atoms. The maximum Gasteiger partial charge on any atom is 0.168 e. The molecule has 0 heterocycles. The van der Waals surface area contributed by atoms with Crippen molar-refractivity contribution in [2.75, 3.05) is 0 Å². The van der Waals surface area contributed by atoms with Crippen molar-refractivity contribution in [3.8, 4) is 11.5 Å². The lowest BCUT2D eigenvalue weighted by atomic mass is 9.66. The van der Waals surface area contributed by atoms with Crippen molar-refractivity contribution in [1.29, 1.82) is 0 Å². The zero-order valence-corrected chi connectivity index (χ0v) is 19.2. The van der Waals surface area contributed by atoms with Crippen LogP contribution in [0.2, 0.25) is 0 Å². The number of hydrogen-bond donors (Lipinski definition) is 1. The van der Waals surface area contributed by atoms with E-state index in [2.05, 4.69) is 6.92 Å². The van der Waals surface area contributed by atoms with E-state index in [0.717, 1.165) is 39.8 Å². The summed E-state index contributed by atoms with van der Waals surface area (Å²) in [6, 6.07) is 20.0. The Morgan fingerprint density at radius 1 is 0.848 bits per heavy atom. The molecule has 3 aromatic carbocycles. The van der Waals surface area contributed by atoms with Crippen molar-refractivity contribution in [2.24, 2.45) is 5.92 Å². The van der Waals surface area contributed by atoms with Gasteiger partial charge in [0, 0.05) is 23.1 Å². The average Bonchev–Trinajstić information content (AvgIpc) is 2.82. The molecule has 0 radical (unpaired) electrons. The van der Waals surface area contributed by atoms with Crippen molar-refractivity contribution < 1.29 is 19.4 Å². The molecule has 4 nitrogen and oxygen atoms in total. The molecule has 0 bridgehead atoms. The summed E-state index contributed by atoms with van der Waals surface area (Å²) in [5.41, 5.74) is 5.39. The molecular formula is C29H30O4. The molecule has 3 atom stereocenters. The highest BCUT2D eigenvalue weighted by atomic mass is 16.5. The summed E-state index contributed by atoms with van der Waals surface area (Å²) in [7, 11) is 0. The van der Waals surface area contributed by atoms with Gasteiger partial charge in [0.1, 0.15) is 13.2 Å². The van der Waals surface area contributed by atoms with E-state index in [1.54, 1.807) is 0 Å². The first-order valence-electron chi connectivity index (χ1n) is 11.8. The van der Waals surface area contributed by atoms with Crippen molar-refractivity contribution >= 4 is 5.78 Å². The lowest BCUT2D eigenvalue weighted by molar-refractivity contribution is 0.0911. The Morgan fingerprint density at radius 3 is 2.03 bits per heavy atom. The Morgan fingerprint density at radius 2 is 1.42 bits per heavy atom. The number of aliphatic hydroxyl groups excluding tert-OH is 1. The van der Waals surface area contributed by atoms with Gasteiger partial charge in [-0.3, -0.25) is 4.79 Å². The molecule has 0 unspecified atom stereocenters. The SMILES string of the molecule is Cc1c(OCc2ccccc2)c(OCc2ccccc2)c2c3c1C(=O)C[C@H](C)[C@H]3CC[C@H]2O. The van der Waals surface area contributed by atoms with Crippen LogP contribution in [0.25, 0.3) is 0 Å². The quantitative estimate of drug-likeness (QED) is 0.488. The van der Waals surface area contributed by atoms with E-state index in [4.69, 9.17) is 9.47 Å². The van der Waals surface area contributed by atoms with Crippen LogP contribution in [0.4, 0.5) is 0 Å². The standard InChI is InChI=1S/C29H30O4/c1-18-15-24(31)25-19(2)28(32-16-20-9-5-3-6-10-20)29(33-17-21-11-7-4-8-12-21)27-23(30)14-13-22(18)26(25)27/h3-12,18,22-23,30H,13-17H2,1-2H3/t18-,22+,23+/m0/s1. The molecule has 2 aliphatic carbocycles. The second kappa shape index (κ2) is 9.03. The minimum atomic E-state index is -0.668. The van der Waals surface area contributed by atoms with Gasteiger partial charge in [-0.25, -0.2) is 0 Å². The predicted octanol–water partition coefficient (Wildman–Crippen LogP) is 6.29. The minimum absolute atomic E-state index is 0.140. The molecule has 170 valence electrons. The van der Waals surface area contributed by atoms with Gasteiger partial charge in [0.2, 0.25) is 0 Å². The van der Waals surface area contributed by atoms with Crippen LogP contribution in [0.3, 0.4) is 0 Å². The molecule has 3 aromatic rings. The first-order valence-corrected chi connectivity index (χ1v) is 11.8. The third-order valence-electron chi connectivity index (χ3n) is 7.11. The number of aliphatic hydroxyl groups is 1. The molecule has 2 aliphatic rings. The number of carbonyl (C=O) groups excluding carboxylic acids is 1. The summed E-state index contributed by atoms with van der Waals surface area (Å²) in [6.45, 7) is 4.84. The fraction of sp³-hybridized carbons (Fsp3) is 0.345. The zero-order chi connectivity index (χ0) is 22.9. The first kappa shape index (κ1) is 21.7. The highest BCUT2D eigenvalue weighted by Crippen LogP contribution is 2.55. The van der Waals surface area contributed by atoms with Crippen LogP contribution in [0.15, 0.2) is 60.7 Å². The number of ether oxygens (including phenoxy) is 2. The first-order chi connectivity index (χ1) is 16.0. The summed E-state index contributed by atoms with van der Waals surface area (Å²) in [5.74, 6) is 1.82. The topological polar surface area (TPSA) is 55.8 Å². The molecule has 5 rings (SSSR count). The fourth-order valence-corrected chi connectivity index (χ4v) is 5.45. The Kier molecular flexibility index (Phi) is 5.94. The van der Waals surface area contributed by atoms with Crippen LogP contribution < -0.4 is 9.47 Å². The molecule has 0 saturated carbocycles. The molecule has 0 saturated heterocycles. The number of hydrogen-bond acceptors (Lipinski definition) is 4. The number of carbonyl (C=O) groups is 1. The highest BCUT2D eigenvalue weighted by Gasteiger charge is 2.42. The maximum atomic E-state index is 13.2. The van der Waals surface area contributed by atoms with Crippen LogP contribution in [0.1, 0.15) is 76.4 Å². The lowest BCUT2D eigenvalue weighted by Gasteiger charge is -2.40. The van der Waals surface area contributed by atoms with Gasteiger partial charge in [-0.1, -0.05) is 67.6 Å². The number of ketones is 1. The van der Waals surface area contributed by atoms with E-state index < -0.39 is 6.10 Å². The van der Waals surface area contributed by atoms with E-state index >= 15 is 0 Å². The van der Waals surface area contributed by atoms with Crippen molar-refractivity contribution in [3.05, 3.63) is 94.0 Å². The summed E-state index contributed by atoms with van der Waals surface area (Å²) in [6.07, 6.45) is 1.42. The zero-order valence-electron chi connectivity index (χ0n) is 19.2. The van der Waals surface area contributed by atoms with Crippen molar-refractivity contribution in [2.45, 2.75) is 58.3 Å². The normalized spacial score (nSPS) is 21.4. The van der Waals surface area contributed by atoms with E-state index in [1.807, 2.05) is 67.6 Å². The number of Topliss-reactive ketones (excluding diaryl/α,β-unsaturated/α-hetero) is 1. The molecule has 33 heavy (non-hydrogen) atoms. The predicted molar refractivity (Wildman–Crippen MR) is 128 cm³/mol. The maximum absolute atomic E-state index is 13.2. The molecular weight excluding hydrogens is 412 g/mol. The van der Waals surface area contributed by atoms with Gasteiger partial charge in [-0.2, -0.15) is 0 Å². The van der Waals surface area contributed by atoms with Crippen LogP contribution in [-0.2, 0) is 13.2 Å². The van der Waals surface area contributed by atoms with Crippen LogP contribution in [0, 0.1) is 12.8 Å². The van der Waals surface area contributed by atoms with E-state index in [9.17, 15) is 9.90 Å². The average molecular weight is 443 g/mol. The van der Waals surface area contributed by atoms with Gasteiger partial charge in [-0.15, -0.1) is 0 Å². The lowest BCUT2D eigenvalue weighted by Crippen LogP contribution is -2.30. The Labute approximate surface area is 195 Å². The molecule has 1 N–H and O–H groups in total. The Hall–Kier alpha value is -3.11. The molecule has 0 amide bonds. The van der Waals surface area contributed by atoms with Gasteiger partial charge >= 0.3 is 0 Å². The van der Waals surface area contributed by atoms with Crippen LogP contribution in [-0.4, -0.2) is 10.9 Å². The third kappa shape index (κ3) is 4.04. The summed E-state index contributed by atoms with van der Waals surface area (Å²) in [5, 5.41) is 11.1. The van der Waals surface area contributed by atoms with Gasteiger partial charge in [-0.05, 0) is 48.3 Å². The second-order valence-corrected chi connectivity index (χ2v) is 9.34. The smallest absolute Gasteiger partial charge is 0.168 e. The largest absolute Gasteiger partial charge is 0.485 e.